The SMILES string of the molecule is O=C1CNC(c2ccccc2)N1CCCN1CCCC1. The molecule has 108 valence electrons. The summed E-state index contributed by atoms with van der Waals surface area (Å²) in [6.45, 7) is 4.89. The Morgan fingerprint density at radius 2 is 1.85 bits per heavy atom. The van der Waals surface area contributed by atoms with Crippen LogP contribution in [-0.4, -0.2) is 48.4 Å². The summed E-state index contributed by atoms with van der Waals surface area (Å²) in [7, 11) is 0. The van der Waals surface area contributed by atoms with Crippen LogP contribution in [0, 0.1) is 0 Å². The summed E-state index contributed by atoms with van der Waals surface area (Å²) in [6, 6.07) is 10.2. The van der Waals surface area contributed by atoms with Gasteiger partial charge < -0.3 is 9.80 Å². The van der Waals surface area contributed by atoms with Crippen LogP contribution in [0.25, 0.3) is 0 Å². The van der Waals surface area contributed by atoms with E-state index in [1.165, 1.54) is 31.5 Å². The Hall–Kier alpha value is -1.39. The van der Waals surface area contributed by atoms with Crippen molar-refractivity contribution in [2.75, 3.05) is 32.7 Å². The quantitative estimate of drug-likeness (QED) is 0.885. The number of hydrogen-bond acceptors (Lipinski definition) is 3. The highest BCUT2D eigenvalue weighted by Crippen LogP contribution is 2.22. The number of rotatable bonds is 5. The Morgan fingerprint density at radius 1 is 1.10 bits per heavy atom. The van der Waals surface area contributed by atoms with Crippen molar-refractivity contribution in [2.45, 2.75) is 25.4 Å². The minimum atomic E-state index is 0.0577. The third-order valence-electron chi connectivity index (χ3n) is 4.27. The van der Waals surface area contributed by atoms with E-state index in [9.17, 15) is 4.79 Å². The maximum atomic E-state index is 12.0. The lowest BCUT2D eigenvalue weighted by atomic mass is 10.1. The van der Waals surface area contributed by atoms with Crippen molar-refractivity contribution in [1.29, 1.82) is 0 Å². The van der Waals surface area contributed by atoms with E-state index < -0.39 is 0 Å². The Bertz CT molecular complexity index is 442. The minimum Gasteiger partial charge on any atom is -0.322 e. The lowest BCUT2D eigenvalue weighted by Gasteiger charge is -2.25. The van der Waals surface area contributed by atoms with Crippen molar-refractivity contribution in [2.24, 2.45) is 0 Å². The van der Waals surface area contributed by atoms with Crippen molar-refractivity contribution in [1.82, 2.24) is 15.1 Å². The second-order valence-electron chi connectivity index (χ2n) is 5.68. The molecule has 1 amide bonds. The Balaban J connectivity index is 1.56. The van der Waals surface area contributed by atoms with E-state index >= 15 is 0 Å². The standard InChI is InChI=1S/C16H23N3O/c20-15-13-17-16(14-7-2-1-3-8-14)19(15)12-6-11-18-9-4-5-10-18/h1-3,7-8,16-17H,4-6,9-13H2. The molecule has 0 bridgehead atoms. The predicted octanol–water partition coefficient (Wildman–Crippen LogP) is 1.60. The molecule has 0 aliphatic carbocycles. The zero-order valence-electron chi connectivity index (χ0n) is 11.9. The van der Waals surface area contributed by atoms with E-state index in [-0.39, 0.29) is 12.1 Å². The Morgan fingerprint density at radius 3 is 2.60 bits per heavy atom. The first kappa shape index (κ1) is 13.6. The highest BCUT2D eigenvalue weighted by atomic mass is 16.2. The molecule has 2 heterocycles. The van der Waals surface area contributed by atoms with Gasteiger partial charge in [0.25, 0.3) is 0 Å². The van der Waals surface area contributed by atoms with Crippen LogP contribution in [0.5, 0.6) is 0 Å². The first-order chi connectivity index (χ1) is 9.84. The summed E-state index contributed by atoms with van der Waals surface area (Å²) < 4.78 is 0. The van der Waals surface area contributed by atoms with Gasteiger partial charge in [-0.25, -0.2) is 0 Å². The lowest BCUT2D eigenvalue weighted by Crippen LogP contribution is -2.33. The summed E-state index contributed by atoms with van der Waals surface area (Å²) >= 11 is 0. The molecule has 0 spiro atoms. The van der Waals surface area contributed by atoms with E-state index in [2.05, 4.69) is 22.3 Å². The van der Waals surface area contributed by atoms with Gasteiger partial charge in [0, 0.05) is 6.54 Å². The summed E-state index contributed by atoms with van der Waals surface area (Å²) in [5.74, 6) is 0.222. The number of nitrogens with zero attached hydrogens (tertiary/aromatic N) is 2. The van der Waals surface area contributed by atoms with Crippen LogP contribution in [0.3, 0.4) is 0 Å². The zero-order valence-corrected chi connectivity index (χ0v) is 11.9. The van der Waals surface area contributed by atoms with Crippen molar-refractivity contribution in [3.63, 3.8) is 0 Å². The molecule has 2 saturated heterocycles. The van der Waals surface area contributed by atoms with Crippen molar-refractivity contribution in [3.05, 3.63) is 35.9 Å². The Labute approximate surface area is 120 Å². The van der Waals surface area contributed by atoms with Gasteiger partial charge in [0.1, 0.15) is 6.17 Å². The van der Waals surface area contributed by atoms with Gasteiger partial charge in [0.2, 0.25) is 5.91 Å². The number of amides is 1. The number of nitrogens with one attached hydrogen (secondary N) is 1. The highest BCUT2D eigenvalue weighted by molar-refractivity contribution is 5.80. The molecular formula is C16H23N3O. The molecule has 4 nitrogen and oxygen atoms in total. The second kappa shape index (κ2) is 6.37. The van der Waals surface area contributed by atoms with Gasteiger partial charge in [-0.2, -0.15) is 0 Å². The zero-order chi connectivity index (χ0) is 13.8. The van der Waals surface area contributed by atoms with Crippen LogP contribution in [0.1, 0.15) is 31.0 Å². The summed E-state index contributed by atoms with van der Waals surface area (Å²) in [6.07, 6.45) is 3.78. The summed E-state index contributed by atoms with van der Waals surface area (Å²) in [4.78, 5) is 16.5. The first-order valence-electron chi connectivity index (χ1n) is 7.65. The van der Waals surface area contributed by atoms with Gasteiger partial charge >= 0.3 is 0 Å². The fourth-order valence-corrected chi connectivity index (χ4v) is 3.20. The van der Waals surface area contributed by atoms with E-state index in [0.29, 0.717) is 6.54 Å². The predicted molar refractivity (Wildman–Crippen MR) is 79.2 cm³/mol. The number of hydrogen-bond donors (Lipinski definition) is 1. The van der Waals surface area contributed by atoms with E-state index in [0.717, 1.165) is 19.5 Å². The molecule has 1 aromatic rings. The van der Waals surface area contributed by atoms with Crippen LogP contribution in [0.4, 0.5) is 0 Å². The van der Waals surface area contributed by atoms with Crippen LogP contribution >= 0.6 is 0 Å². The van der Waals surface area contributed by atoms with E-state index in [1.807, 2.05) is 23.1 Å². The molecule has 3 rings (SSSR count). The summed E-state index contributed by atoms with van der Waals surface area (Å²) in [5, 5.41) is 3.31. The minimum absolute atomic E-state index is 0.0577. The lowest BCUT2D eigenvalue weighted by molar-refractivity contribution is -0.128. The number of likely N-dealkylation sites (tertiary alicyclic amines) is 1. The van der Waals surface area contributed by atoms with Gasteiger partial charge in [-0.1, -0.05) is 30.3 Å². The van der Waals surface area contributed by atoms with Crippen LogP contribution in [0.15, 0.2) is 30.3 Å². The van der Waals surface area contributed by atoms with Crippen LogP contribution in [0.2, 0.25) is 0 Å². The average Bonchev–Trinajstić information content (AvgIpc) is 3.11. The highest BCUT2D eigenvalue weighted by Gasteiger charge is 2.30. The molecule has 0 radical (unpaired) electrons. The van der Waals surface area contributed by atoms with Gasteiger partial charge in [-0.3, -0.25) is 10.1 Å². The molecule has 4 heteroatoms. The van der Waals surface area contributed by atoms with E-state index in [4.69, 9.17) is 0 Å². The van der Waals surface area contributed by atoms with Gasteiger partial charge in [0.15, 0.2) is 0 Å². The Kier molecular flexibility index (Phi) is 4.33. The topological polar surface area (TPSA) is 35.6 Å². The second-order valence-corrected chi connectivity index (χ2v) is 5.68. The fraction of sp³-hybridized carbons (Fsp3) is 0.562. The maximum absolute atomic E-state index is 12.0. The van der Waals surface area contributed by atoms with E-state index in [1.54, 1.807) is 0 Å². The van der Waals surface area contributed by atoms with Crippen molar-refractivity contribution >= 4 is 5.91 Å². The molecular weight excluding hydrogens is 250 g/mol. The third-order valence-corrected chi connectivity index (χ3v) is 4.27. The smallest absolute Gasteiger partial charge is 0.238 e. The van der Waals surface area contributed by atoms with Crippen LogP contribution < -0.4 is 5.32 Å². The number of benzene rings is 1. The first-order valence-corrected chi connectivity index (χ1v) is 7.65. The van der Waals surface area contributed by atoms with Gasteiger partial charge in [-0.15, -0.1) is 0 Å². The van der Waals surface area contributed by atoms with Crippen LogP contribution in [-0.2, 0) is 4.79 Å². The number of carbonyl (C=O) groups is 1. The molecule has 2 aliphatic rings. The maximum Gasteiger partial charge on any atom is 0.238 e. The molecule has 1 unspecified atom stereocenters. The molecule has 1 N–H and O–H groups in total. The normalized spacial score (nSPS) is 23.7. The largest absolute Gasteiger partial charge is 0.322 e. The molecule has 0 saturated carbocycles. The molecule has 1 atom stereocenters. The average molecular weight is 273 g/mol. The molecule has 0 aromatic heterocycles. The van der Waals surface area contributed by atoms with Crippen molar-refractivity contribution < 1.29 is 4.79 Å². The third kappa shape index (κ3) is 3.02. The molecule has 20 heavy (non-hydrogen) atoms. The van der Waals surface area contributed by atoms with Gasteiger partial charge in [0.05, 0.1) is 6.54 Å². The monoisotopic (exact) mass is 273 g/mol. The molecule has 1 aromatic carbocycles. The number of carbonyl (C=O) groups excluding carboxylic acids is 1. The summed E-state index contributed by atoms with van der Waals surface area (Å²) in [5.41, 5.74) is 1.18. The van der Waals surface area contributed by atoms with Crippen molar-refractivity contribution in [3.8, 4) is 0 Å². The fourth-order valence-electron chi connectivity index (χ4n) is 3.20. The van der Waals surface area contributed by atoms with Gasteiger partial charge in [-0.05, 0) is 44.5 Å². The molecule has 2 fully saturated rings. The molecule has 2 aliphatic heterocycles.